The molecule has 5 atom stereocenters. The van der Waals surface area contributed by atoms with Crippen LogP contribution in [0.5, 0.6) is 0 Å². The molecular formula is C8H10N2O5. The summed E-state index contributed by atoms with van der Waals surface area (Å²) in [5, 5.41) is 20.5. The normalized spacial score (nSPS) is 47.0. The van der Waals surface area contributed by atoms with E-state index in [0.717, 1.165) is 0 Å². The number of hydrogen-bond acceptors (Lipinski definition) is 5. The molecule has 0 heterocycles. The highest BCUT2D eigenvalue weighted by molar-refractivity contribution is 5.85. The summed E-state index contributed by atoms with van der Waals surface area (Å²) in [6, 6.07) is -0.780. The van der Waals surface area contributed by atoms with Crippen molar-refractivity contribution in [3.63, 3.8) is 0 Å². The number of nitroso groups, excluding NO2 is 1. The Bertz CT molecular complexity index is 357. The van der Waals surface area contributed by atoms with E-state index in [1.807, 2.05) is 0 Å². The predicted octanol–water partition coefficient (Wildman–Crippen LogP) is -0.746. The van der Waals surface area contributed by atoms with Crippen LogP contribution in [0.3, 0.4) is 0 Å². The molecule has 7 nitrogen and oxygen atoms in total. The minimum Gasteiger partial charge on any atom is -0.481 e. The van der Waals surface area contributed by atoms with Crippen molar-refractivity contribution in [1.29, 1.82) is 0 Å². The average Bonchev–Trinajstić information content (AvgIpc) is 2.82. The van der Waals surface area contributed by atoms with E-state index in [-0.39, 0.29) is 6.42 Å². The lowest BCUT2D eigenvalue weighted by Crippen LogP contribution is -2.50. The molecule has 15 heavy (non-hydrogen) atoms. The molecule has 0 aromatic rings. The first-order valence-corrected chi connectivity index (χ1v) is 4.51. The largest absolute Gasteiger partial charge is 0.481 e. The SMILES string of the molecule is N[C@]1(C(=O)O)CC(N=O)[C@@H]2[C@@H](C(=O)O)[C@H]21. The molecule has 2 saturated carbocycles. The van der Waals surface area contributed by atoms with Crippen LogP contribution in [-0.4, -0.2) is 33.7 Å². The average molecular weight is 214 g/mol. The number of nitrogens with two attached hydrogens (primary N) is 1. The zero-order valence-corrected chi connectivity index (χ0v) is 7.66. The number of hydrogen-bond donors (Lipinski definition) is 3. The number of fused-ring (bicyclic) bond motifs is 1. The molecule has 0 bridgehead atoms. The number of nitrogens with zero attached hydrogens (tertiary/aromatic N) is 1. The van der Waals surface area contributed by atoms with Gasteiger partial charge in [-0.1, -0.05) is 5.18 Å². The molecule has 1 unspecified atom stereocenters. The summed E-state index contributed by atoms with van der Waals surface area (Å²) >= 11 is 0. The Morgan fingerprint density at radius 1 is 1.40 bits per heavy atom. The first kappa shape index (κ1) is 10.0. The zero-order valence-electron chi connectivity index (χ0n) is 7.66. The fraction of sp³-hybridized carbons (Fsp3) is 0.750. The highest BCUT2D eigenvalue weighted by Crippen LogP contribution is 2.62. The number of rotatable bonds is 3. The van der Waals surface area contributed by atoms with Crippen molar-refractivity contribution in [3.05, 3.63) is 4.91 Å². The van der Waals surface area contributed by atoms with Crippen LogP contribution in [0.25, 0.3) is 0 Å². The van der Waals surface area contributed by atoms with Gasteiger partial charge >= 0.3 is 11.9 Å². The van der Waals surface area contributed by atoms with Crippen molar-refractivity contribution in [3.8, 4) is 0 Å². The summed E-state index contributed by atoms with van der Waals surface area (Å²) in [5.74, 6) is -4.35. The van der Waals surface area contributed by atoms with Crippen LogP contribution in [0, 0.1) is 22.7 Å². The van der Waals surface area contributed by atoms with Crippen molar-refractivity contribution in [1.82, 2.24) is 0 Å². The first-order valence-electron chi connectivity index (χ1n) is 4.51. The second-order valence-corrected chi connectivity index (χ2v) is 4.19. The molecule has 0 amide bonds. The number of carbonyl (C=O) groups is 2. The maximum Gasteiger partial charge on any atom is 0.324 e. The first-order chi connectivity index (χ1) is 6.93. The third-order valence-corrected chi connectivity index (χ3v) is 3.48. The fourth-order valence-corrected chi connectivity index (χ4v) is 2.75. The number of carboxylic acids is 2. The summed E-state index contributed by atoms with van der Waals surface area (Å²) in [7, 11) is 0. The Kier molecular flexibility index (Phi) is 1.84. The highest BCUT2D eigenvalue weighted by Gasteiger charge is 2.74. The molecule has 0 aromatic carbocycles. The van der Waals surface area contributed by atoms with Crippen LogP contribution >= 0.6 is 0 Å². The molecule has 4 N–H and O–H groups in total. The molecule has 0 spiro atoms. The van der Waals surface area contributed by atoms with Gasteiger partial charge in [-0.05, 0) is 0 Å². The molecule has 0 saturated heterocycles. The van der Waals surface area contributed by atoms with E-state index in [4.69, 9.17) is 15.9 Å². The van der Waals surface area contributed by atoms with E-state index in [0.29, 0.717) is 0 Å². The number of carboxylic acid groups (broad SMARTS) is 2. The lowest BCUT2D eigenvalue weighted by molar-refractivity contribution is -0.145. The van der Waals surface area contributed by atoms with Gasteiger partial charge in [0.05, 0.1) is 12.0 Å². The standard InChI is InChI=1S/C8H10N2O5/c9-8(7(13)14)1-2(10-15)3-4(5(3)8)6(11)12/h2-5H,1,9H2,(H,11,12)(H,13,14)/t2?,3-,4-,5+,8-/m1/s1. The quantitative estimate of drug-likeness (QED) is 0.530. The van der Waals surface area contributed by atoms with Gasteiger partial charge in [-0.15, -0.1) is 0 Å². The molecule has 82 valence electrons. The Morgan fingerprint density at radius 3 is 2.40 bits per heavy atom. The maximum atomic E-state index is 10.9. The van der Waals surface area contributed by atoms with Gasteiger partial charge in [0.1, 0.15) is 5.54 Å². The van der Waals surface area contributed by atoms with E-state index in [2.05, 4.69) is 5.18 Å². The second-order valence-electron chi connectivity index (χ2n) is 4.19. The van der Waals surface area contributed by atoms with Crippen LogP contribution in [0.1, 0.15) is 6.42 Å². The van der Waals surface area contributed by atoms with Crippen molar-refractivity contribution in [2.75, 3.05) is 0 Å². The summed E-state index contributed by atoms with van der Waals surface area (Å²) in [5.41, 5.74) is 4.01. The van der Waals surface area contributed by atoms with E-state index >= 15 is 0 Å². The lowest BCUT2D eigenvalue weighted by Gasteiger charge is -2.21. The molecule has 0 aliphatic heterocycles. The monoisotopic (exact) mass is 214 g/mol. The van der Waals surface area contributed by atoms with Gasteiger partial charge in [-0.3, -0.25) is 9.59 Å². The predicted molar refractivity (Wildman–Crippen MR) is 46.9 cm³/mol. The van der Waals surface area contributed by atoms with E-state index < -0.39 is 41.3 Å². The second kappa shape index (κ2) is 2.75. The molecule has 0 aromatic heterocycles. The minimum absolute atomic E-state index is 0.0645. The van der Waals surface area contributed by atoms with Gasteiger partial charge < -0.3 is 15.9 Å². The van der Waals surface area contributed by atoms with Gasteiger partial charge in [-0.2, -0.15) is 4.91 Å². The molecule has 2 aliphatic carbocycles. The lowest BCUT2D eigenvalue weighted by atomic mass is 9.90. The molecule has 2 aliphatic rings. The summed E-state index contributed by atoms with van der Waals surface area (Å²) in [6.45, 7) is 0. The summed E-state index contributed by atoms with van der Waals surface area (Å²) < 4.78 is 0. The Morgan fingerprint density at radius 2 is 2.00 bits per heavy atom. The Labute approximate surface area is 84.2 Å². The van der Waals surface area contributed by atoms with E-state index in [1.54, 1.807) is 0 Å². The van der Waals surface area contributed by atoms with E-state index in [1.165, 1.54) is 0 Å². The minimum atomic E-state index is -1.60. The summed E-state index contributed by atoms with van der Waals surface area (Å²) in [4.78, 5) is 32.1. The fourth-order valence-electron chi connectivity index (χ4n) is 2.75. The van der Waals surface area contributed by atoms with Crippen molar-refractivity contribution < 1.29 is 19.8 Å². The van der Waals surface area contributed by atoms with Crippen LogP contribution in [0.2, 0.25) is 0 Å². The van der Waals surface area contributed by atoms with Crippen LogP contribution in [0.15, 0.2) is 5.18 Å². The molecule has 2 rings (SSSR count). The Balaban J connectivity index is 2.30. The van der Waals surface area contributed by atoms with Gasteiger partial charge in [0.2, 0.25) is 0 Å². The number of aliphatic carboxylic acids is 2. The summed E-state index contributed by atoms with van der Waals surface area (Å²) in [6.07, 6.45) is -0.0645. The van der Waals surface area contributed by atoms with Crippen molar-refractivity contribution in [2.45, 2.75) is 18.0 Å². The molecule has 7 heteroatoms. The smallest absolute Gasteiger partial charge is 0.324 e. The van der Waals surface area contributed by atoms with Gasteiger partial charge in [0, 0.05) is 18.3 Å². The topological polar surface area (TPSA) is 130 Å². The van der Waals surface area contributed by atoms with Gasteiger partial charge in [0.15, 0.2) is 0 Å². The third-order valence-electron chi connectivity index (χ3n) is 3.48. The maximum absolute atomic E-state index is 10.9. The van der Waals surface area contributed by atoms with Crippen LogP contribution in [0.4, 0.5) is 0 Å². The van der Waals surface area contributed by atoms with E-state index in [9.17, 15) is 14.5 Å². The highest BCUT2D eigenvalue weighted by atomic mass is 16.4. The third kappa shape index (κ3) is 1.09. The van der Waals surface area contributed by atoms with Gasteiger partial charge in [0.25, 0.3) is 0 Å². The van der Waals surface area contributed by atoms with Crippen molar-refractivity contribution in [2.24, 2.45) is 28.7 Å². The Hall–Kier alpha value is -1.50. The zero-order chi connectivity index (χ0) is 11.4. The molecule has 2 fully saturated rings. The van der Waals surface area contributed by atoms with Gasteiger partial charge in [-0.25, -0.2) is 0 Å². The van der Waals surface area contributed by atoms with Crippen LogP contribution in [-0.2, 0) is 9.59 Å². The molecule has 0 radical (unpaired) electrons. The van der Waals surface area contributed by atoms with Crippen molar-refractivity contribution >= 4 is 11.9 Å². The van der Waals surface area contributed by atoms with Crippen LogP contribution < -0.4 is 5.73 Å². The molecular weight excluding hydrogens is 204 g/mol.